The van der Waals surface area contributed by atoms with Gasteiger partial charge in [-0.1, -0.05) is 12.1 Å². The summed E-state index contributed by atoms with van der Waals surface area (Å²) in [6.45, 7) is 3.18. The Labute approximate surface area is 161 Å². The molecule has 142 valence electrons. The van der Waals surface area contributed by atoms with Crippen molar-refractivity contribution in [3.05, 3.63) is 61.2 Å². The van der Waals surface area contributed by atoms with E-state index in [0.717, 1.165) is 22.7 Å². The van der Waals surface area contributed by atoms with Gasteiger partial charge >= 0.3 is 0 Å². The van der Waals surface area contributed by atoms with E-state index in [0.29, 0.717) is 18.9 Å². The molecule has 3 aromatic heterocycles. The standard InChI is InChI=1S/C19H20N8O/c1-14-20-8-9-27(14)18-10-17(23-12-24-18)21-6-7-22-19(28)11-26-13-25-15-4-2-3-5-16(15)26/h2-5,8-10,12-13H,6-7,11H2,1H3,(H,22,28)(H,21,23,24). The molecule has 0 unspecified atom stereocenters. The molecule has 0 aliphatic rings. The number of nitrogens with one attached hydrogen (secondary N) is 2. The first-order valence-corrected chi connectivity index (χ1v) is 8.93. The molecule has 0 saturated carbocycles. The molecular weight excluding hydrogens is 356 g/mol. The maximum Gasteiger partial charge on any atom is 0.240 e. The van der Waals surface area contributed by atoms with Gasteiger partial charge in [0.15, 0.2) is 0 Å². The van der Waals surface area contributed by atoms with Crippen LogP contribution >= 0.6 is 0 Å². The van der Waals surface area contributed by atoms with Crippen LogP contribution in [0.15, 0.2) is 55.4 Å². The van der Waals surface area contributed by atoms with E-state index in [4.69, 9.17) is 0 Å². The molecular formula is C19H20N8O. The van der Waals surface area contributed by atoms with Gasteiger partial charge in [-0.05, 0) is 19.1 Å². The summed E-state index contributed by atoms with van der Waals surface area (Å²) in [6.07, 6.45) is 6.76. The topological polar surface area (TPSA) is 103 Å². The van der Waals surface area contributed by atoms with Crippen molar-refractivity contribution in [1.29, 1.82) is 0 Å². The average molecular weight is 376 g/mol. The third kappa shape index (κ3) is 3.83. The fourth-order valence-corrected chi connectivity index (χ4v) is 2.93. The lowest BCUT2D eigenvalue weighted by molar-refractivity contribution is -0.121. The number of fused-ring (bicyclic) bond motifs is 1. The van der Waals surface area contributed by atoms with Crippen LogP contribution in [0.25, 0.3) is 16.9 Å². The molecule has 0 bridgehead atoms. The molecule has 2 N–H and O–H groups in total. The lowest BCUT2D eigenvalue weighted by Crippen LogP contribution is -2.31. The Kier molecular flexibility index (Phi) is 4.96. The highest BCUT2D eigenvalue weighted by Crippen LogP contribution is 2.12. The molecule has 0 spiro atoms. The van der Waals surface area contributed by atoms with Gasteiger partial charge in [0.05, 0.1) is 17.4 Å². The zero-order chi connectivity index (χ0) is 19.3. The van der Waals surface area contributed by atoms with Crippen LogP contribution in [0.1, 0.15) is 5.82 Å². The fraction of sp³-hybridized carbons (Fsp3) is 0.211. The maximum absolute atomic E-state index is 12.2. The van der Waals surface area contributed by atoms with Gasteiger partial charge in [0, 0.05) is 31.5 Å². The lowest BCUT2D eigenvalue weighted by atomic mass is 10.3. The van der Waals surface area contributed by atoms with Gasteiger partial charge in [-0.2, -0.15) is 0 Å². The van der Waals surface area contributed by atoms with Crippen LogP contribution in [0, 0.1) is 6.92 Å². The first kappa shape index (κ1) is 17.7. The van der Waals surface area contributed by atoms with Crippen molar-refractivity contribution in [2.24, 2.45) is 0 Å². The van der Waals surface area contributed by atoms with Gasteiger partial charge in [-0.3, -0.25) is 9.36 Å². The minimum atomic E-state index is -0.0673. The van der Waals surface area contributed by atoms with E-state index in [1.807, 2.05) is 52.6 Å². The van der Waals surface area contributed by atoms with Crippen LogP contribution in [0.2, 0.25) is 0 Å². The van der Waals surface area contributed by atoms with Gasteiger partial charge in [0.2, 0.25) is 5.91 Å². The van der Waals surface area contributed by atoms with E-state index < -0.39 is 0 Å². The number of hydrogen-bond donors (Lipinski definition) is 2. The van der Waals surface area contributed by atoms with E-state index >= 15 is 0 Å². The zero-order valence-electron chi connectivity index (χ0n) is 15.4. The van der Waals surface area contributed by atoms with Gasteiger partial charge in [-0.25, -0.2) is 19.9 Å². The number of carbonyl (C=O) groups excluding carboxylic acids is 1. The predicted octanol–water partition coefficient (Wildman–Crippen LogP) is 1.55. The average Bonchev–Trinajstić information content (AvgIpc) is 3.32. The Morgan fingerprint density at radius 1 is 1.11 bits per heavy atom. The molecule has 1 aromatic carbocycles. The molecule has 0 aliphatic carbocycles. The summed E-state index contributed by atoms with van der Waals surface area (Å²) in [5.41, 5.74) is 1.82. The van der Waals surface area contributed by atoms with Gasteiger partial charge in [-0.15, -0.1) is 0 Å². The zero-order valence-corrected chi connectivity index (χ0v) is 15.4. The van der Waals surface area contributed by atoms with Crippen LogP contribution in [0.5, 0.6) is 0 Å². The molecule has 4 aromatic rings. The molecule has 4 rings (SSSR count). The van der Waals surface area contributed by atoms with Crippen LogP contribution in [0.3, 0.4) is 0 Å². The van der Waals surface area contributed by atoms with Crippen LogP contribution in [-0.2, 0) is 11.3 Å². The Hall–Kier alpha value is -3.75. The molecule has 0 atom stereocenters. The van der Waals surface area contributed by atoms with Crippen molar-refractivity contribution in [1.82, 2.24) is 34.4 Å². The first-order chi connectivity index (χ1) is 13.7. The SMILES string of the molecule is Cc1nccn1-c1cc(NCCNC(=O)Cn2cnc3ccccc32)ncn1. The highest BCUT2D eigenvalue weighted by atomic mass is 16.1. The number of carbonyl (C=O) groups is 1. The van der Waals surface area contributed by atoms with E-state index in [9.17, 15) is 4.79 Å². The van der Waals surface area contributed by atoms with Crippen molar-refractivity contribution >= 4 is 22.8 Å². The second-order valence-electron chi connectivity index (χ2n) is 6.24. The normalized spacial score (nSPS) is 10.9. The second-order valence-corrected chi connectivity index (χ2v) is 6.24. The van der Waals surface area contributed by atoms with Crippen molar-refractivity contribution in [3.63, 3.8) is 0 Å². The largest absolute Gasteiger partial charge is 0.368 e. The molecule has 0 aliphatic heterocycles. The third-order valence-electron chi connectivity index (χ3n) is 4.32. The number of rotatable bonds is 7. The summed E-state index contributed by atoms with van der Waals surface area (Å²) in [4.78, 5) is 29.1. The number of nitrogens with zero attached hydrogens (tertiary/aromatic N) is 6. The summed E-state index contributed by atoms with van der Waals surface area (Å²) in [5.74, 6) is 2.21. The molecule has 1 amide bonds. The number of imidazole rings is 2. The molecule has 0 saturated heterocycles. The predicted molar refractivity (Wildman–Crippen MR) is 105 cm³/mol. The van der Waals surface area contributed by atoms with Crippen molar-refractivity contribution in [2.75, 3.05) is 18.4 Å². The lowest BCUT2D eigenvalue weighted by Gasteiger charge is -2.09. The molecule has 0 radical (unpaired) electrons. The number of amides is 1. The Balaban J connectivity index is 1.28. The van der Waals surface area contributed by atoms with Gasteiger partial charge < -0.3 is 15.2 Å². The van der Waals surface area contributed by atoms with Crippen LogP contribution in [0.4, 0.5) is 5.82 Å². The van der Waals surface area contributed by atoms with E-state index in [1.165, 1.54) is 6.33 Å². The molecule has 0 fully saturated rings. The van der Waals surface area contributed by atoms with E-state index in [1.54, 1.807) is 12.5 Å². The van der Waals surface area contributed by atoms with Crippen LogP contribution < -0.4 is 10.6 Å². The highest BCUT2D eigenvalue weighted by molar-refractivity contribution is 5.80. The number of anilines is 1. The Morgan fingerprint density at radius 3 is 2.86 bits per heavy atom. The summed E-state index contributed by atoms with van der Waals surface area (Å²) >= 11 is 0. The number of para-hydroxylation sites is 2. The minimum absolute atomic E-state index is 0.0673. The second kappa shape index (κ2) is 7.87. The van der Waals surface area contributed by atoms with E-state index in [2.05, 4.69) is 30.6 Å². The summed E-state index contributed by atoms with van der Waals surface area (Å²) in [6, 6.07) is 9.58. The summed E-state index contributed by atoms with van der Waals surface area (Å²) in [5, 5.41) is 6.09. The van der Waals surface area contributed by atoms with Crippen molar-refractivity contribution < 1.29 is 4.79 Å². The number of hydrogen-bond acceptors (Lipinski definition) is 6. The maximum atomic E-state index is 12.2. The van der Waals surface area contributed by atoms with Crippen molar-refractivity contribution in [3.8, 4) is 5.82 Å². The summed E-state index contributed by atoms with van der Waals surface area (Å²) < 4.78 is 3.71. The summed E-state index contributed by atoms with van der Waals surface area (Å²) in [7, 11) is 0. The van der Waals surface area contributed by atoms with Gasteiger partial charge in [0.1, 0.15) is 30.3 Å². The van der Waals surface area contributed by atoms with E-state index in [-0.39, 0.29) is 12.5 Å². The monoisotopic (exact) mass is 376 g/mol. The molecule has 28 heavy (non-hydrogen) atoms. The number of aromatic nitrogens is 6. The number of aryl methyl sites for hydroxylation is 1. The third-order valence-corrected chi connectivity index (χ3v) is 4.32. The Bertz CT molecular complexity index is 1100. The molecule has 9 heteroatoms. The van der Waals surface area contributed by atoms with Crippen LogP contribution in [-0.4, -0.2) is 48.1 Å². The smallest absolute Gasteiger partial charge is 0.240 e. The Morgan fingerprint density at radius 2 is 2.00 bits per heavy atom. The first-order valence-electron chi connectivity index (χ1n) is 8.93. The molecule has 9 nitrogen and oxygen atoms in total. The van der Waals surface area contributed by atoms with Crippen molar-refractivity contribution in [2.45, 2.75) is 13.5 Å². The minimum Gasteiger partial charge on any atom is -0.368 e. The fourth-order valence-electron chi connectivity index (χ4n) is 2.93. The van der Waals surface area contributed by atoms with Gasteiger partial charge in [0.25, 0.3) is 0 Å². The quantitative estimate of drug-likeness (QED) is 0.475. The molecule has 3 heterocycles. The highest BCUT2D eigenvalue weighted by Gasteiger charge is 2.07. The number of benzene rings is 1.